The summed E-state index contributed by atoms with van der Waals surface area (Å²) in [7, 11) is 0. The Labute approximate surface area is 92.1 Å². The van der Waals surface area contributed by atoms with Crippen LogP contribution in [-0.2, 0) is 9.53 Å². The molecule has 0 spiro atoms. The minimum absolute atomic E-state index is 0.102. The molecule has 0 aromatic heterocycles. The molecular weight excluding hydrogens is 218 g/mol. The first-order valence-electron chi connectivity index (χ1n) is 4.24. The van der Waals surface area contributed by atoms with E-state index in [0.717, 1.165) is 0 Å². The third-order valence-electron chi connectivity index (χ3n) is 1.72. The van der Waals surface area contributed by atoms with Gasteiger partial charge in [-0.1, -0.05) is 35.0 Å². The number of rotatable bonds is 3. The second kappa shape index (κ2) is 5.36. The summed E-state index contributed by atoms with van der Waals surface area (Å²) in [5.41, 5.74) is 0.763. The molecule has 0 unspecified atom stereocenters. The van der Waals surface area contributed by atoms with Crippen molar-refractivity contribution in [2.24, 2.45) is 5.16 Å². The number of carbonyl (C=O) groups is 1. The second-order valence-corrected chi connectivity index (χ2v) is 3.21. The van der Waals surface area contributed by atoms with Gasteiger partial charge in [0.2, 0.25) is 0 Å². The molecule has 0 bridgehead atoms. The van der Waals surface area contributed by atoms with Crippen LogP contribution in [0.2, 0.25) is 5.02 Å². The van der Waals surface area contributed by atoms with E-state index in [4.69, 9.17) is 21.5 Å². The molecule has 1 N–H and O–H groups in total. The minimum atomic E-state index is -0.441. The summed E-state index contributed by atoms with van der Waals surface area (Å²) in [5, 5.41) is 12.2. The highest BCUT2D eigenvalue weighted by Crippen LogP contribution is 2.16. The summed E-state index contributed by atoms with van der Waals surface area (Å²) < 4.78 is 4.72. The zero-order chi connectivity index (χ0) is 11.3. The Morgan fingerprint density at radius 2 is 2.20 bits per heavy atom. The Kier molecular flexibility index (Phi) is 4.12. The molecular formula is C10H10ClNO3. The second-order valence-electron chi connectivity index (χ2n) is 2.81. The highest BCUT2D eigenvalue weighted by Gasteiger charge is 2.09. The highest BCUT2D eigenvalue weighted by molar-refractivity contribution is 6.34. The fraction of sp³-hybridized carbons (Fsp3) is 0.200. The van der Waals surface area contributed by atoms with E-state index in [-0.39, 0.29) is 12.3 Å². The molecule has 0 heterocycles. The summed E-state index contributed by atoms with van der Waals surface area (Å²) in [4.78, 5) is 10.6. The molecule has 0 fully saturated rings. The van der Waals surface area contributed by atoms with Gasteiger partial charge in [-0.2, -0.15) is 0 Å². The van der Waals surface area contributed by atoms with Crippen molar-refractivity contribution in [3.05, 3.63) is 34.9 Å². The van der Waals surface area contributed by atoms with Gasteiger partial charge in [0, 0.05) is 17.5 Å². The molecule has 1 aromatic rings. The van der Waals surface area contributed by atoms with Gasteiger partial charge in [-0.05, 0) is 6.07 Å². The van der Waals surface area contributed by atoms with E-state index in [2.05, 4.69) is 5.16 Å². The predicted octanol–water partition coefficient (Wildman–Crippen LogP) is 2.08. The van der Waals surface area contributed by atoms with Gasteiger partial charge < -0.3 is 9.94 Å². The van der Waals surface area contributed by atoms with E-state index in [1.807, 2.05) is 0 Å². The van der Waals surface area contributed by atoms with E-state index < -0.39 is 5.97 Å². The van der Waals surface area contributed by atoms with Gasteiger partial charge >= 0.3 is 5.97 Å². The van der Waals surface area contributed by atoms with Crippen LogP contribution in [0.3, 0.4) is 0 Å². The van der Waals surface area contributed by atoms with E-state index >= 15 is 0 Å². The molecule has 80 valence electrons. The lowest BCUT2D eigenvalue weighted by molar-refractivity contribution is -0.139. The maximum absolute atomic E-state index is 10.6. The lowest BCUT2D eigenvalue weighted by Crippen LogP contribution is -2.13. The quantitative estimate of drug-likeness (QED) is 0.372. The summed E-state index contributed by atoms with van der Waals surface area (Å²) >= 11 is 5.88. The zero-order valence-electron chi connectivity index (χ0n) is 8.11. The number of ether oxygens (including phenoxy) is 1. The molecule has 0 amide bonds. The summed E-state index contributed by atoms with van der Waals surface area (Å²) in [6.45, 7) is 1.18. The average molecular weight is 228 g/mol. The maximum atomic E-state index is 10.6. The van der Waals surface area contributed by atoms with Crippen molar-refractivity contribution in [3.63, 3.8) is 0 Å². The van der Waals surface area contributed by atoms with Crippen LogP contribution in [0, 0.1) is 0 Å². The monoisotopic (exact) mass is 227 g/mol. The first-order chi connectivity index (χ1) is 7.15. The van der Waals surface area contributed by atoms with Crippen molar-refractivity contribution in [1.29, 1.82) is 0 Å². The third kappa shape index (κ3) is 3.25. The Bertz CT molecular complexity index is 390. The van der Waals surface area contributed by atoms with Crippen molar-refractivity contribution in [2.45, 2.75) is 6.92 Å². The maximum Gasteiger partial charge on any atom is 0.303 e. The van der Waals surface area contributed by atoms with Crippen LogP contribution >= 0.6 is 11.6 Å². The van der Waals surface area contributed by atoms with Crippen molar-refractivity contribution in [3.8, 4) is 0 Å². The molecule has 0 aliphatic heterocycles. The van der Waals surface area contributed by atoms with Gasteiger partial charge in [0.05, 0.1) is 0 Å². The zero-order valence-corrected chi connectivity index (χ0v) is 8.86. The van der Waals surface area contributed by atoms with Gasteiger partial charge in [0.15, 0.2) is 0 Å². The Hall–Kier alpha value is -1.55. The van der Waals surface area contributed by atoms with Crippen molar-refractivity contribution < 1.29 is 14.7 Å². The lowest BCUT2D eigenvalue weighted by Gasteiger charge is -2.06. The number of benzene rings is 1. The van der Waals surface area contributed by atoms with Gasteiger partial charge in [-0.15, -0.1) is 0 Å². The number of oxime groups is 1. The average Bonchev–Trinajstić information content (AvgIpc) is 2.21. The molecule has 15 heavy (non-hydrogen) atoms. The van der Waals surface area contributed by atoms with Crippen LogP contribution < -0.4 is 0 Å². The molecule has 0 aliphatic rings. The molecule has 1 rings (SSSR count). The first kappa shape index (κ1) is 11.5. The molecule has 0 aliphatic carbocycles. The van der Waals surface area contributed by atoms with Gasteiger partial charge in [0.1, 0.15) is 12.3 Å². The standard InChI is InChI=1S/C10H10ClNO3/c1-7(13)15-6-10(12-14)8-4-2-3-5-9(8)11/h2-5,14H,6H2,1H3/b12-10+. The molecule has 0 radical (unpaired) electrons. The van der Waals surface area contributed by atoms with Crippen molar-refractivity contribution in [1.82, 2.24) is 0 Å². The van der Waals surface area contributed by atoms with E-state index in [9.17, 15) is 4.79 Å². The highest BCUT2D eigenvalue weighted by atomic mass is 35.5. The van der Waals surface area contributed by atoms with Crippen LogP contribution in [0.1, 0.15) is 12.5 Å². The smallest absolute Gasteiger partial charge is 0.303 e. The summed E-state index contributed by atoms with van der Waals surface area (Å²) in [6.07, 6.45) is 0. The van der Waals surface area contributed by atoms with E-state index in [1.165, 1.54) is 6.92 Å². The Morgan fingerprint density at radius 3 is 2.73 bits per heavy atom. The molecule has 0 saturated carbocycles. The van der Waals surface area contributed by atoms with E-state index in [0.29, 0.717) is 10.6 Å². The number of nitrogens with zero attached hydrogens (tertiary/aromatic N) is 1. The fourth-order valence-electron chi connectivity index (χ4n) is 1.03. The molecule has 0 saturated heterocycles. The summed E-state index contributed by atoms with van der Waals surface area (Å²) in [5.74, 6) is -0.441. The lowest BCUT2D eigenvalue weighted by atomic mass is 10.1. The van der Waals surface area contributed by atoms with Crippen LogP contribution in [0.15, 0.2) is 29.4 Å². The van der Waals surface area contributed by atoms with Crippen LogP contribution in [0.5, 0.6) is 0 Å². The first-order valence-corrected chi connectivity index (χ1v) is 4.62. The largest absolute Gasteiger partial charge is 0.459 e. The molecule has 5 heteroatoms. The molecule has 4 nitrogen and oxygen atoms in total. The van der Waals surface area contributed by atoms with Crippen molar-refractivity contribution in [2.75, 3.05) is 6.61 Å². The number of hydrogen-bond acceptors (Lipinski definition) is 4. The fourth-order valence-corrected chi connectivity index (χ4v) is 1.27. The minimum Gasteiger partial charge on any atom is -0.459 e. The predicted molar refractivity (Wildman–Crippen MR) is 56.4 cm³/mol. The number of esters is 1. The third-order valence-corrected chi connectivity index (χ3v) is 2.05. The van der Waals surface area contributed by atoms with Crippen molar-refractivity contribution >= 4 is 23.3 Å². The molecule has 1 aromatic carbocycles. The number of carbonyl (C=O) groups excluding carboxylic acids is 1. The topological polar surface area (TPSA) is 58.9 Å². The number of hydrogen-bond donors (Lipinski definition) is 1. The SMILES string of the molecule is CC(=O)OC/C(=N\O)c1ccccc1Cl. The van der Waals surface area contributed by atoms with Gasteiger partial charge in [-0.3, -0.25) is 4.79 Å². The Morgan fingerprint density at radius 1 is 1.53 bits per heavy atom. The van der Waals surface area contributed by atoms with Crippen LogP contribution in [0.25, 0.3) is 0 Å². The summed E-state index contributed by atoms with van der Waals surface area (Å²) in [6, 6.07) is 6.85. The van der Waals surface area contributed by atoms with Crippen LogP contribution in [-0.4, -0.2) is 23.5 Å². The van der Waals surface area contributed by atoms with Gasteiger partial charge in [-0.25, -0.2) is 0 Å². The van der Waals surface area contributed by atoms with Crippen LogP contribution in [0.4, 0.5) is 0 Å². The molecule has 0 atom stereocenters. The normalized spacial score (nSPS) is 11.2. The Balaban J connectivity index is 2.85. The van der Waals surface area contributed by atoms with E-state index in [1.54, 1.807) is 24.3 Å². The number of halogens is 1. The van der Waals surface area contributed by atoms with Gasteiger partial charge in [0.25, 0.3) is 0 Å².